The first-order chi connectivity index (χ1) is 12.5. The summed E-state index contributed by atoms with van der Waals surface area (Å²) in [7, 11) is 0. The summed E-state index contributed by atoms with van der Waals surface area (Å²) in [6, 6.07) is 1.31. The average Bonchev–Trinajstić information content (AvgIpc) is 3.22. The number of nitrogens with zero attached hydrogens (tertiary/aromatic N) is 1. The number of fused-ring (bicyclic) bond motifs is 2. The lowest BCUT2D eigenvalue weighted by atomic mass is 9.82. The van der Waals surface area contributed by atoms with Crippen LogP contribution in [0, 0.1) is 5.82 Å². The SMILES string of the molecule is C=CC(=O)N1CCC[C@H](c2c(F)cc(C(N)=O)c3c2C2=C(CCC2)C3)C1. The van der Waals surface area contributed by atoms with Crippen LogP contribution in [0.25, 0.3) is 5.57 Å². The molecule has 1 saturated heterocycles. The highest BCUT2D eigenvalue weighted by Crippen LogP contribution is 2.48. The van der Waals surface area contributed by atoms with E-state index in [2.05, 4.69) is 6.58 Å². The van der Waals surface area contributed by atoms with Crippen LogP contribution in [-0.2, 0) is 11.2 Å². The highest BCUT2D eigenvalue weighted by atomic mass is 19.1. The largest absolute Gasteiger partial charge is 0.366 e. The fourth-order valence-electron chi connectivity index (χ4n) is 4.91. The van der Waals surface area contributed by atoms with E-state index in [0.29, 0.717) is 30.6 Å². The van der Waals surface area contributed by atoms with Gasteiger partial charge in [0.2, 0.25) is 11.8 Å². The monoisotopic (exact) mass is 354 g/mol. The van der Waals surface area contributed by atoms with Crippen LogP contribution < -0.4 is 5.73 Å². The molecule has 2 aliphatic carbocycles. The van der Waals surface area contributed by atoms with Crippen LogP contribution in [-0.4, -0.2) is 29.8 Å². The Hall–Kier alpha value is -2.43. The second-order valence-electron chi connectivity index (χ2n) is 7.48. The van der Waals surface area contributed by atoms with E-state index < -0.39 is 5.91 Å². The molecule has 26 heavy (non-hydrogen) atoms. The van der Waals surface area contributed by atoms with Gasteiger partial charge in [-0.25, -0.2) is 4.39 Å². The fourth-order valence-corrected chi connectivity index (χ4v) is 4.91. The predicted octanol–water partition coefficient (Wildman–Crippen LogP) is 3.31. The van der Waals surface area contributed by atoms with Crippen LogP contribution in [0.1, 0.15) is 65.1 Å². The van der Waals surface area contributed by atoms with E-state index in [0.717, 1.165) is 43.2 Å². The van der Waals surface area contributed by atoms with E-state index in [1.807, 2.05) is 0 Å². The van der Waals surface area contributed by atoms with Gasteiger partial charge < -0.3 is 10.6 Å². The molecule has 1 aliphatic heterocycles. The molecule has 1 atom stereocenters. The van der Waals surface area contributed by atoms with Gasteiger partial charge in [-0.2, -0.15) is 0 Å². The lowest BCUT2D eigenvalue weighted by molar-refractivity contribution is -0.127. The maximum atomic E-state index is 15.2. The molecule has 1 aromatic rings. The summed E-state index contributed by atoms with van der Waals surface area (Å²) in [4.78, 5) is 25.6. The van der Waals surface area contributed by atoms with Gasteiger partial charge in [-0.05, 0) is 67.4 Å². The average molecular weight is 354 g/mol. The summed E-state index contributed by atoms with van der Waals surface area (Å²) in [5.41, 5.74) is 10.9. The number of carbonyl (C=O) groups is 2. The Morgan fingerprint density at radius 2 is 2.12 bits per heavy atom. The maximum Gasteiger partial charge on any atom is 0.249 e. The standard InChI is InChI=1S/C21H23FN2O2/c1-2-18(25)24-8-4-6-13(11-24)19-17(22)10-16(21(23)26)15-9-12-5-3-7-14(12)20(15)19/h2,10,13H,1,3-9,11H2,(H2,23,26)/t13-/m0/s1. The van der Waals surface area contributed by atoms with Crippen molar-refractivity contribution in [3.8, 4) is 0 Å². The number of halogens is 1. The molecule has 0 spiro atoms. The molecule has 5 heteroatoms. The number of nitrogens with two attached hydrogens (primary N) is 1. The van der Waals surface area contributed by atoms with E-state index in [-0.39, 0.29) is 17.6 Å². The number of likely N-dealkylation sites (tertiary alicyclic amines) is 1. The fraction of sp³-hybridized carbons (Fsp3) is 0.429. The number of piperidine rings is 1. The summed E-state index contributed by atoms with van der Waals surface area (Å²) in [6.07, 6.45) is 6.71. The number of carbonyl (C=O) groups excluding carboxylic acids is 2. The lowest BCUT2D eigenvalue weighted by Gasteiger charge is -2.34. The number of hydrogen-bond acceptors (Lipinski definition) is 2. The molecule has 3 aliphatic rings. The number of primary amides is 1. The zero-order valence-corrected chi connectivity index (χ0v) is 14.8. The van der Waals surface area contributed by atoms with Crippen LogP contribution in [0.2, 0.25) is 0 Å². The van der Waals surface area contributed by atoms with Gasteiger partial charge in [0, 0.05) is 30.1 Å². The minimum absolute atomic E-state index is 0.0595. The van der Waals surface area contributed by atoms with Crippen molar-refractivity contribution in [2.24, 2.45) is 5.73 Å². The van der Waals surface area contributed by atoms with Crippen LogP contribution in [0.3, 0.4) is 0 Å². The molecular formula is C21H23FN2O2. The van der Waals surface area contributed by atoms with Gasteiger partial charge in [-0.3, -0.25) is 9.59 Å². The quantitative estimate of drug-likeness (QED) is 0.847. The minimum atomic E-state index is -0.569. The summed E-state index contributed by atoms with van der Waals surface area (Å²) < 4.78 is 15.2. The molecule has 0 aromatic heterocycles. The summed E-state index contributed by atoms with van der Waals surface area (Å²) in [6.45, 7) is 4.73. The molecule has 1 fully saturated rings. The molecule has 0 unspecified atom stereocenters. The third kappa shape index (κ3) is 2.57. The molecule has 4 rings (SSSR count). The third-order valence-corrected chi connectivity index (χ3v) is 6.03. The van der Waals surface area contributed by atoms with E-state index in [4.69, 9.17) is 5.73 Å². The van der Waals surface area contributed by atoms with Crippen molar-refractivity contribution >= 4 is 17.4 Å². The van der Waals surface area contributed by atoms with E-state index in [1.165, 1.54) is 23.3 Å². The molecule has 0 radical (unpaired) electrons. The Morgan fingerprint density at radius 1 is 1.31 bits per heavy atom. The molecule has 1 aromatic carbocycles. The Labute approximate surface area is 152 Å². The normalized spacial score (nSPS) is 21.6. The molecule has 4 nitrogen and oxygen atoms in total. The van der Waals surface area contributed by atoms with Crippen molar-refractivity contribution in [2.45, 2.75) is 44.4 Å². The molecular weight excluding hydrogens is 331 g/mol. The topological polar surface area (TPSA) is 63.4 Å². The van der Waals surface area contributed by atoms with Gasteiger partial charge in [0.15, 0.2) is 0 Å². The molecule has 2 N–H and O–H groups in total. The van der Waals surface area contributed by atoms with Crippen molar-refractivity contribution in [1.29, 1.82) is 0 Å². The number of hydrogen-bond donors (Lipinski definition) is 1. The zero-order chi connectivity index (χ0) is 18.4. The second-order valence-corrected chi connectivity index (χ2v) is 7.48. The summed E-state index contributed by atoms with van der Waals surface area (Å²) in [5, 5.41) is 0. The Bertz CT molecular complexity index is 856. The Balaban J connectivity index is 1.82. The van der Waals surface area contributed by atoms with E-state index in [9.17, 15) is 9.59 Å². The summed E-state index contributed by atoms with van der Waals surface area (Å²) in [5.74, 6) is -1.10. The number of benzene rings is 1. The van der Waals surface area contributed by atoms with Gasteiger partial charge in [-0.1, -0.05) is 12.2 Å². The lowest BCUT2D eigenvalue weighted by Crippen LogP contribution is -2.38. The van der Waals surface area contributed by atoms with Crippen molar-refractivity contribution in [3.63, 3.8) is 0 Å². The first-order valence-electron chi connectivity index (χ1n) is 9.29. The molecule has 0 saturated carbocycles. The van der Waals surface area contributed by atoms with Crippen LogP contribution >= 0.6 is 0 Å². The van der Waals surface area contributed by atoms with Crippen molar-refractivity contribution in [1.82, 2.24) is 4.90 Å². The highest BCUT2D eigenvalue weighted by Gasteiger charge is 2.36. The first kappa shape index (κ1) is 17.0. The van der Waals surface area contributed by atoms with Crippen molar-refractivity contribution < 1.29 is 14.0 Å². The molecule has 2 amide bonds. The zero-order valence-electron chi connectivity index (χ0n) is 14.8. The van der Waals surface area contributed by atoms with Crippen LogP contribution in [0.15, 0.2) is 24.3 Å². The maximum absolute atomic E-state index is 15.2. The minimum Gasteiger partial charge on any atom is -0.366 e. The summed E-state index contributed by atoms with van der Waals surface area (Å²) >= 11 is 0. The highest BCUT2D eigenvalue weighted by molar-refractivity contribution is 5.98. The number of allylic oxidation sites excluding steroid dienone is 2. The van der Waals surface area contributed by atoms with E-state index in [1.54, 1.807) is 4.90 Å². The van der Waals surface area contributed by atoms with Crippen molar-refractivity contribution in [3.05, 3.63) is 52.4 Å². The second kappa shape index (κ2) is 6.38. The third-order valence-electron chi connectivity index (χ3n) is 6.03. The van der Waals surface area contributed by atoms with E-state index >= 15 is 4.39 Å². The van der Waals surface area contributed by atoms with Gasteiger partial charge in [0.25, 0.3) is 0 Å². The molecule has 0 bridgehead atoms. The first-order valence-corrected chi connectivity index (χ1v) is 9.29. The van der Waals surface area contributed by atoms with Gasteiger partial charge in [-0.15, -0.1) is 0 Å². The number of amides is 2. The molecule has 1 heterocycles. The Kier molecular flexibility index (Phi) is 4.17. The van der Waals surface area contributed by atoms with Crippen LogP contribution in [0.4, 0.5) is 4.39 Å². The Morgan fingerprint density at radius 3 is 2.85 bits per heavy atom. The van der Waals surface area contributed by atoms with Crippen LogP contribution in [0.5, 0.6) is 0 Å². The van der Waals surface area contributed by atoms with Gasteiger partial charge >= 0.3 is 0 Å². The van der Waals surface area contributed by atoms with Crippen molar-refractivity contribution in [2.75, 3.05) is 13.1 Å². The smallest absolute Gasteiger partial charge is 0.249 e. The van der Waals surface area contributed by atoms with Gasteiger partial charge in [0.1, 0.15) is 5.82 Å². The molecule has 136 valence electrons. The predicted molar refractivity (Wildman–Crippen MR) is 98.1 cm³/mol. The van der Waals surface area contributed by atoms with Gasteiger partial charge in [0.05, 0.1) is 0 Å². The number of rotatable bonds is 3.